The molecule has 3 heterocycles. The molecule has 4 rings (SSSR count). The summed E-state index contributed by atoms with van der Waals surface area (Å²) in [6.07, 6.45) is 3.45. The van der Waals surface area contributed by atoms with Crippen molar-refractivity contribution in [1.82, 2.24) is 29.2 Å². The van der Waals surface area contributed by atoms with Gasteiger partial charge in [0.25, 0.3) is 23.6 Å². The lowest BCUT2D eigenvalue weighted by Crippen LogP contribution is -2.48. The summed E-state index contributed by atoms with van der Waals surface area (Å²) in [6, 6.07) is 13.3. The van der Waals surface area contributed by atoms with E-state index in [1.54, 1.807) is 73.4 Å². The predicted molar refractivity (Wildman–Crippen MR) is 185 cm³/mol. The van der Waals surface area contributed by atoms with Crippen LogP contribution in [0.3, 0.4) is 0 Å². The van der Waals surface area contributed by atoms with Gasteiger partial charge >= 0.3 is 0 Å². The molecule has 0 aliphatic heterocycles. The maximum absolute atomic E-state index is 13.7. The summed E-state index contributed by atoms with van der Waals surface area (Å²) in [5, 5.41) is 22.8. The van der Waals surface area contributed by atoms with E-state index < -0.39 is 17.7 Å². The summed E-state index contributed by atoms with van der Waals surface area (Å²) in [6.45, 7) is 0.867. The Bertz CT molecular complexity index is 1790. The number of aromatic nitrogens is 4. The molecule has 1 aromatic carbocycles. The number of nitrogens with one attached hydrogen (secondary N) is 4. The fourth-order valence-electron chi connectivity index (χ4n) is 4.88. The number of carbonyl (C=O) groups is 4. The molecule has 17 heteroatoms. The van der Waals surface area contributed by atoms with Crippen LogP contribution in [0, 0.1) is 5.41 Å². The molecule has 48 heavy (non-hydrogen) atoms. The normalized spacial score (nSPS) is 11.0. The summed E-state index contributed by atoms with van der Waals surface area (Å²) in [5.74, 6) is -1.14. The van der Waals surface area contributed by atoms with E-state index in [-0.39, 0.29) is 59.4 Å². The van der Waals surface area contributed by atoms with Crippen molar-refractivity contribution < 1.29 is 19.2 Å². The first-order valence-electron chi connectivity index (χ1n) is 14.8. The van der Waals surface area contributed by atoms with E-state index in [9.17, 15) is 19.2 Å². The second kappa shape index (κ2) is 16.1. The number of alkyl halides is 2. The topological polar surface area (TPSA) is 188 Å². The SMILES string of the molecule is Cn1cc(N(C(=O)c2ccccc2)N(CCCl)CCCl)cc1C(=O)Nc1cc(C(=O)Nc2cc(C(=O)NCCC(=N)N)n(C)n2)n(C)c1. The minimum atomic E-state index is -0.519. The van der Waals surface area contributed by atoms with E-state index in [0.717, 1.165) is 0 Å². The molecule has 0 bridgehead atoms. The second-order valence-electron chi connectivity index (χ2n) is 10.7. The number of amides is 4. The van der Waals surface area contributed by atoms with Crippen molar-refractivity contribution in [3.63, 3.8) is 0 Å². The number of hydrogen-bond donors (Lipinski definition) is 5. The Kier molecular flexibility index (Phi) is 12.0. The van der Waals surface area contributed by atoms with Gasteiger partial charge in [-0.1, -0.05) is 18.2 Å². The van der Waals surface area contributed by atoms with Crippen molar-refractivity contribution in [1.29, 1.82) is 5.41 Å². The van der Waals surface area contributed by atoms with Crippen LogP contribution in [0.25, 0.3) is 0 Å². The van der Waals surface area contributed by atoms with E-state index in [1.807, 2.05) is 6.07 Å². The Balaban J connectivity index is 1.50. The minimum absolute atomic E-state index is 0.0469. The van der Waals surface area contributed by atoms with Crippen LogP contribution in [0.1, 0.15) is 48.2 Å². The standard InChI is InChI=1S/C31H37Cl2N11O4/c1-40-18-21(15-23(40)30(47)38-27-17-25(42(3)39-27)28(45)36-12-9-26(34)35)37-29(46)24-16-22(19-41(24)2)44(43(13-10-32)14-11-33)31(48)20-7-5-4-6-8-20/h4-8,15-19H,9-14H2,1-3H3,(H3,34,35)(H,36,45)(H,37,46)(H,38,39,47). The number of aryl methyl sites for hydroxylation is 3. The highest BCUT2D eigenvalue weighted by molar-refractivity contribution is 6.18. The lowest BCUT2D eigenvalue weighted by molar-refractivity contribution is 0.0901. The molecule has 6 N–H and O–H groups in total. The first-order valence-corrected chi connectivity index (χ1v) is 15.9. The zero-order chi connectivity index (χ0) is 35.0. The van der Waals surface area contributed by atoms with Crippen molar-refractivity contribution in [2.75, 3.05) is 47.0 Å². The van der Waals surface area contributed by atoms with Crippen LogP contribution in [-0.2, 0) is 21.1 Å². The Morgan fingerprint density at radius 3 is 2.12 bits per heavy atom. The number of anilines is 3. The van der Waals surface area contributed by atoms with Crippen LogP contribution < -0.4 is 26.7 Å². The van der Waals surface area contributed by atoms with Gasteiger partial charge in [-0.25, -0.2) is 10.0 Å². The number of benzene rings is 1. The number of hydrogen-bond acceptors (Lipinski definition) is 7. The van der Waals surface area contributed by atoms with Crippen LogP contribution in [0.5, 0.6) is 0 Å². The lowest BCUT2D eigenvalue weighted by Gasteiger charge is -2.33. The van der Waals surface area contributed by atoms with E-state index in [2.05, 4.69) is 21.0 Å². The minimum Gasteiger partial charge on any atom is -0.388 e. The maximum atomic E-state index is 13.7. The van der Waals surface area contributed by atoms with Gasteiger partial charge < -0.3 is 30.8 Å². The highest BCUT2D eigenvalue weighted by Gasteiger charge is 2.27. The molecular formula is C31H37Cl2N11O4. The largest absolute Gasteiger partial charge is 0.388 e. The van der Waals surface area contributed by atoms with E-state index in [4.69, 9.17) is 34.3 Å². The van der Waals surface area contributed by atoms with Gasteiger partial charge in [0.2, 0.25) is 0 Å². The van der Waals surface area contributed by atoms with Crippen LogP contribution in [0.4, 0.5) is 17.2 Å². The first-order chi connectivity index (χ1) is 22.9. The molecular weight excluding hydrogens is 661 g/mol. The summed E-state index contributed by atoms with van der Waals surface area (Å²) in [5.41, 5.74) is 7.25. The van der Waals surface area contributed by atoms with Crippen molar-refractivity contribution in [2.45, 2.75) is 6.42 Å². The molecule has 0 atom stereocenters. The highest BCUT2D eigenvalue weighted by atomic mass is 35.5. The maximum Gasteiger partial charge on any atom is 0.273 e. The van der Waals surface area contributed by atoms with Crippen LogP contribution in [0.2, 0.25) is 0 Å². The van der Waals surface area contributed by atoms with Crippen molar-refractivity contribution in [3.8, 4) is 0 Å². The molecule has 4 aromatic rings. The molecule has 0 spiro atoms. The number of hydrazine groups is 1. The van der Waals surface area contributed by atoms with Gasteiger partial charge in [-0.2, -0.15) is 5.10 Å². The number of nitrogens with two attached hydrogens (primary N) is 1. The Morgan fingerprint density at radius 1 is 0.854 bits per heavy atom. The number of nitrogens with zero attached hydrogens (tertiary/aromatic N) is 6. The molecule has 0 aliphatic rings. The van der Waals surface area contributed by atoms with Gasteiger partial charge in [-0.3, -0.25) is 29.3 Å². The molecule has 3 aromatic heterocycles. The van der Waals surface area contributed by atoms with E-state index in [1.165, 1.54) is 26.4 Å². The fraction of sp³-hybridized carbons (Fsp3) is 0.290. The molecule has 4 amide bonds. The predicted octanol–water partition coefficient (Wildman–Crippen LogP) is 3.00. The van der Waals surface area contributed by atoms with Gasteiger partial charge in [-0.05, 0) is 24.3 Å². The molecule has 0 saturated heterocycles. The zero-order valence-electron chi connectivity index (χ0n) is 26.7. The van der Waals surface area contributed by atoms with Gasteiger partial charge in [0, 0.05) is 83.0 Å². The van der Waals surface area contributed by atoms with Crippen LogP contribution in [-0.4, -0.2) is 84.8 Å². The first kappa shape index (κ1) is 35.7. The average molecular weight is 699 g/mol. The molecule has 0 unspecified atom stereocenters. The Hall–Kier alpha value is -5.12. The number of carbonyl (C=O) groups excluding carboxylic acids is 4. The van der Waals surface area contributed by atoms with Crippen LogP contribution in [0.15, 0.2) is 60.9 Å². The van der Waals surface area contributed by atoms with Crippen molar-refractivity contribution in [3.05, 3.63) is 83.6 Å². The second-order valence-corrected chi connectivity index (χ2v) is 11.5. The number of rotatable bonds is 15. The van der Waals surface area contributed by atoms with Crippen molar-refractivity contribution in [2.24, 2.45) is 26.9 Å². The summed E-state index contributed by atoms with van der Waals surface area (Å²) in [4.78, 5) is 52.7. The third-order valence-electron chi connectivity index (χ3n) is 7.18. The molecule has 15 nitrogen and oxygen atoms in total. The van der Waals surface area contributed by atoms with Crippen molar-refractivity contribution >= 4 is 69.9 Å². The van der Waals surface area contributed by atoms with E-state index in [0.29, 0.717) is 30.0 Å². The molecule has 254 valence electrons. The van der Waals surface area contributed by atoms with Gasteiger partial charge in [0.15, 0.2) is 5.82 Å². The molecule has 0 aliphatic carbocycles. The van der Waals surface area contributed by atoms with Gasteiger partial charge in [0.05, 0.1) is 17.2 Å². The summed E-state index contributed by atoms with van der Waals surface area (Å²) < 4.78 is 4.46. The highest BCUT2D eigenvalue weighted by Crippen LogP contribution is 2.24. The van der Waals surface area contributed by atoms with Gasteiger partial charge in [-0.15, -0.1) is 23.2 Å². The van der Waals surface area contributed by atoms with E-state index >= 15 is 0 Å². The number of halogens is 2. The summed E-state index contributed by atoms with van der Waals surface area (Å²) in [7, 11) is 4.89. The third-order valence-corrected chi connectivity index (χ3v) is 7.52. The molecule has 0 saturated carbocycles. The smallest absolute Gasteiger partial charge is 0.273 e. The van der Waals surface area contributed by atoms with Crippen LogP contribution >= 0.6 is 23.2 Å². The zero-order valence-corrected chi connectivity index (χ0v) is 28.2. The molecule has 0 radical (unpaired) electrons. The average Bonchev–Trinajstić information content (AvgIpc) is 3.73. The lowest BCUT2D eigenvalue weighted by atomic mass is 10.2. The third kappa shape index (κ3) is 8.61. The summed E-state index contributed by atoms with van der Waals surface area (Å²) >= 11 is 12.1. The monoisotopic (exact) mass is 697 g/mol. The fourth-order valence-corrected chi connectivity index (χ4v) is 5.27. The Labute approximate surface area is 287 Å². The Morgan fingerprint density at radius 2 is 1.48 bits per heavy atom. The number of amidine groups is 1. The molecule has 0 fully saturated rings. The quantitative estimate of drug-likeness (QED) is 0.0546. The van der Waals surface area contributed by atoms with Gasteiger partial charge in [0.1, 0.15) is 17.1 Å².